The molecule has 3 unspecified atom stereocenters. The first-order valence-corrected chi connectivity index (χ1v) is 13.9. The molecule has 4 heterocycles. The third kappa shape index (κ3) is 5.00. The quantitative estimate of drug-likeness (QED) is 0.546. The lowest BCUT2D eigenvalue weighted by molar-refractivity contribution is -0.138. The topological polar surface area (TPSA) is 107 Å². The summed E-state index contributed by atoms with van der Waals surface area (Å²) in [6.07, 6.45) is 12.3. The predicted molar refractivity (Wildman–Crippen MR) is 143 cm³/mol. The van der Waals surface area contributed by atoms with E-state index in [0.717, 1.165) is 74.6 Å². The van der Waals surface area contributed by atoms with Crippen LogP contribution in [-0.4, -0.2) is 81.3 Å². The van der Waals surface area contributed by atoms with Crippen molar-refractivity contribution in [3.63, 3.8) is 0 Å². The maximum atomic E-state index is 13.8. The number of carbonyl (C=O) groups excluding carboxylic acids is 1. The summed E-state index contributed by atoms with van der Waals surface area (Å²) in [5, 5.41) is 13.0. The Morgan fingerprint density at radius 1 is 1.22 bits per heavy atom. The van der Waals surface area contributed by atoms with E-state index in [1.807, 2.05) is 21.7 Å². The van der Waals surface area contributed by atoms with Crippen LogP contribution in [0.5, 0.6) is 0 Å². The van der Waals surface area contributed by atoms with Crippen molar-refractivity contribution in [2.24, 2.45) is 11.7 Å². The van der Waals surface area contributed by atoms with Crippen LogP contribution in [0.1, 0.15) is 75.6 Å². The maximum absolute atomic E-state index is 13.8. The number of fused-ring (bicyclic) bond motifs is 1. The number of hydrogen-bond acceptors (Lipinski definition) is 7. The van der Waals surface area contributed by atoms with E-state index < -0.39 is 5.92 Å². The summed E-state index contributed by atoms with van der Waals surface area (Å²) in [6, 6.07) is 2.73. The van der Waals surface area contributed by atoms with Crippen LogP contribution in [0, 0.1) is 18.3 Å². The Kier molecular flexibility index (Phi) is 7.57. The van der Waals surface area contributed by atoms with E-state index in [1.165, 1.54) is 31.9 Å². The minimum absolute atomic E-state index is 0.0686. The zero-order valence-corrected chi connectivity index (χ0v) is 21.9. The highest BCUT2D eigenvalue weighted by Gasteiger charge is 2.35. The number of carbonyl (C=O) groups is 1. The van der Waals surface area contributed by atoms with Crippen molar-refractivity contribution >= 4 is 23.6 Å². The van der Waals surface area contributed by atoms with Crippen LogP contribution in [0.25, 0.3) is 5.65 Å². The van der Waals surface area contributed by atoms with Crippen LogP contribution in [0.3, 0.4) is 0 Å². The molecular formula is C27H42N8O. The van der Waals surface area contributed by atoms with Crippen LogP contribution in [0.4, 0.5) is 5.82 Å². The van der Waals surface area contributed by atoms with E-state index in [2.05, 4.69) is 23.6 Å². The van der Waals surface area contributed by atoms with E-state index in [-0.39, 0.29) is 18.0 Å². The molecule has 1 saturated carbocycles. The van der Waals surface area contributed by atoms with Gasteiger partial charge in [0.25, 0.3) is 0 Å². The largest absolute Gasteiger partial charge is 0.355 e. The number of anilines is 1. The van der Waals surface area contributed by atoms with Crippen LogP contribution in [0.2, 0.25) is 0 Å². The first-order chi connectivity index (χ1) is 17.5. The van der Waals surface area contributed by atoms with Crippen LogP contribution in [0.15, 0.2) is 12.3 Å². The minimum Gasteiger partial charge on any atom is -0.355 e. The molecule has 3 atom stereocenters. The average molecular weight is 495 g/mol. The molecule has 5 rings (SSSR count). The second-order valence-corrected chi connectivity index (χ2v) is 11.0. The Morgan fingerprint density at radius 3 is 2.69 bits per heavy atom. The first kappa shape index (κ1) is 25.1. The predicted octanol–water partition coefficient (Wildman–Crippen LogP) is 3.16. The molecule has 2 saturated heterocycles. The van der Waals surface area contributed by atoms with Crippen molar-refractivity contribution in [1.29, 1.82) is 5.41 Å². The molecule has 3 aliphatic rings. The van der Waals surface area contributed by atoms with Crippen molar-refractivity contribution < 1.29 is 4.79 Å². The molecule has 0 aromatic carbocycles. The van der Waals surface area contributed by atoms with Gasteiger partial charge in [0.15, 0.2) is 5.65 Å². The number of nitrogens with one attached hydrogen (secondary N) is 1. The lowest BCUT2D eigenvalue weighted by Gasteiger charge is -2.38. The number of rotatable bonds is 8. The Labute approximate surface area is 214 Å². The van der Waals surface area contributed by atoms with Gasteiger partial charge < -0.3 is 20.9 Å². The molecule has 9 nitrogen and oxygen atoms in total. The minimum atomic E-state index is -0.408. The van der Waals surface area contributed by atoms with Crippen molar-refractivity contribution in [2.45, 2.75) is 83.3 Å². The molecule has 2 aromatic heterocycles. The number of likely N-dealkylation sites (tertiary alicyclic amines) is 1. The smallest absolute Gasteiger partial charge is 0.232 e. The van der Waals surface area contributed by atoms with E-state index in [0.29, 0.717) is 12.6 Å². The zero-order chi connectivity index (χ0) is 25.2. The number of piperidine rings is 1. The van der Waals surface area contributed by atoms with Gasteiger partial charge in [-0.2, -0.15) is 5.10 Å². The van der Waals surface area contributed by atoms with Crippen molar-refractivity contribution in [2.75, 3.05) is 37.6 Å². The second kappa shape index (κ2) is 10.8. The fourth-order valence-corrected chi connectivity index (χ4v) is 6.46. The molecule has 2 aliphatic heterocycles. The van der Waals surface area contributed by atoms with E-state index in [4.69, 9.17) is 21.2 Å². The molecule has 0 spiro atoms. The fourth-order valence-electron chi connectivity index (χ4n) is 6.46. The zero-order valence-electron chi connectivity index (χ0n) is 21.9. The average Bonchev–Trinajstić information content (AvgIpc) is 3.65. The number of aryl methyl sites for hydroxylation is 1. The van der Waals surface area contributed by atoms with Crippen LogP contribution >= 0.6 is 0 Å². The molecule has 1 amide bonds. The van der Waals surface area contributed by atoms with Crippen molar-refractivity contribution in [3.8, 4) is 0 Å². The maximum Gasteiger partial charge on any atom is 0.232 e. The van der Waals surface area contributed by atoms with Gasteiger partial charge in [-0.05, 0) is 52.0 Å². The standard InChI is InChI=1S/C27H42N8O/c1-3-32(22-8-4-5-9-22)17-20(15-28)27(36)34-12-7-6-10-24(34)23-14-25-30-26(19(2)16-35(25)31-23)33-13-11-21(29)18-33/h14-16,20-22,24,28H,3-13,17-18,29H2,1-2H3. The van der Waals surface area contributed by atoms with Gasteiger partial charge in [-0.1, -0.05) is 19.8 Å². The molecule has 3 N–H and O–H groups in total. The fraction of sp³-hybridized carbons (Fsp3) is 0.704. The number of hydrogen-bond donors (Lipinski definition) is 2. The van der Waals surface area contributed by atoms with Crippen molar-refractivity contribution in [1.82, 2.24) is 24.4 Å². The molecule has 9 heteroatoms. The van der Waals surface area contributed by atoms with Gasteiger partial charge in [0.1, 0.15) is 5.82 Å². The highest BCUT2D eigenvalue weighted by molar-refractivity contribution is 5.93. The summed E-state index contributed by atoms with van der Waals surface area (Å²) in [4.78, 5) is 25.4. The molecule has 0 radical (unpaired) electrons. The summed E-state index contributed by atoms with van der Waals surface area (Å²) in [6.45, 7) is 8.29. The van der Waals surface area contributed by atoms with E-state index >= 15 is 0 Å². The lowest BCUT2D eigenvalue weighted by atomic mass is 9.96. The second-order valence-electron chi connectivity index (χ2n) is 11.0. The Balaban J connectivity index is 1.37. The third-order valence-corrected chi connectivity index (χ3v) is 8.47. The molecule has 196 valence electrons. The van der Waals surface area contributed by atoms with Gasteiger partial charge in [-0.3, -0.25) is 9.69 Å². The number of amides is 1. The molecule has 36 heavy (non-hydrogen) atoms. The van der Waals surface area contributed by atoms with E-state index in [9.17, 15) is 4.79 Å². The summed E-state index contributed by atoms with van der Waals surface area (Å²) >= 11 is 0. The van der Waals surface area contributed by atoms with Crippen LogP contribution < -0.4 is 10.6 Å². The van der Waals surface area contributed by atoms with Gasteiger partial charge in [-0.25, -0.2) is 9.50 Å². The van der Waals surface area contributed by atoms with Gasteiger partial charge in [-0.15, -0.1) is 0 Å². The van der Waals surface area contributed by atoms with Gasteiger partial charge in [0, 0.05) is 62.3 Å². The van der Waals surface area contributed by atoms with Crippen molar-refractivity contribution in [3.05, 3.63) is 23.5 Å². The molecule has 1 aliphatic carbocycles. The van der Waals surface area contributed by atoms with Gasteiger partial charge in [0.2, 0.25) is 5.91 Å². The van der Waals surface area contributed by atoms with E-state index in [1.54, 1.807) is 0 Å². The summed E-state index contributed by atoms with van der Waals surface area (Å²) in [5.74, 6) is 0.641. The molecular weight excluding hydrogens is 452 g/mol. The Bertz CT molecular complexity index is 1080. The lowest BCUT2D eigenvalue weighted by Crippen LogP contribution is -2.47. The Hall–Kier alpha value is -2.52. The Morgan fingerprint density at radius 2 is 2.00 bits per heavy atom. The number of nitrogens with zero attached hydrogens (tertiary/aromatic N) is 6. The summed E-state index contributed by atoms with van der Waals surface area (Å²) in [7, 11) is 0. The molecule has 3 fully saturated rings. The first-order valence-electron chi connectivity index (χ1n) is 13.9. The van der Waals surface area contributed by atoms with Crippen LogP contribution in [-0.2, 0) is 4.79 Å². The highest BCUT2D eigenvalue weighted by Crippen LogP contribution is 2.33. The normalized spacial score (nSPS) is 24.2. The molecule has 2 aromatic rings. The summed E-state index contributed by atoms with van der Waals surface area (Å²) < 4.78 is 1.86. The third-order valence-electron chi connectivity index (χ3n) is 8.47. The van der Waals surface area contributed by atoms with Gasteiger partial charge in [0.05, 0.1) is 17.7 Å². The van der Waals surface area contributed by atoms with Gasteiger partial charge >= 0.3 is 0 Å². The number of aromatic nitrogens is 3. The monoisotopic (exact) mass is 494 g/mol. The molecule has 0 bridgehead atoms. The summed E-state index contributed by atoms with van der Waals surface area (Å²) in [5.41, 5.74) is 8.93. The SMILES string of the molecule is CCN(CC(C=N)C(=O)N1CCCCC1c1cc2nc(N3CCC(N)C3)c(C)cn2n1)C1CCCC1. The number of nitrogens with two attached hydrogens (primary N) is 1. The highest BCUT2D eigenvalue weighted by atomic mass is 16.2.